The maximum absolute atomic E-state index is 5.70. The van der Waals surface area contributed by atoms with E-state index in [1.807, 2.05) is 84.9 Å². The lowest BCUT2D eigenvalue weighted by molar-refractivity contribution is 1.07. The van der Waals surface area contributed by atoms with Gasteiger partial charge in [0.1, 0.15) is 0 Å². The van der Waals surface area contributed by atoms with E-state index in [1.165, 1.54) is 0 Å². The standard InChI is InChI=1S/C54H34N6/c1-7-19-35(20-8-1)42-34-44-46(51-50(42)56-48(37-23-11-3-12-24-37)49(57-51)38-25-13-4-14-26-38)43-33-41(31-32-45(43)55-47(44)36-21-9-2-10-22-36)54-59-52(39-27-15-5-16-28-39)58-53(60-54)40-29-17-6-18-30-40/h1-34H. The third-order valence-electron chi connectivity index (χ3n) is 10.9. The van der Waals surface area contributed by atoms with Crippen LogP contribution in [0.4, 0.5) is 0 Å². The maximum atomic E-state index is 5.70. The summed E-state index contributed by atoms with van der Waals surface area (Å²) in [5.41, 5.74) is 12.6. The minimum Gasteiger partial charge on any atom is -0.247 e. The smallest absolute Gasteiger partial charge is 0.164 e. The van der Waals surface area contributed by atoms with Crippen LogP contribution in [0, 0.1) is 0 Å². The third kappa shape index (κ3) is 6.33. The molecule has 0 atom stereocenters. The molecule has 11 rings (SSSR count). The zero-order valence-electron chi connectivity index (χ0n) is 32.3. The highest BCUT2D eigenvalue weighted by Gasteiger charge is 2.23. The van der Waals surface area contributed by atoms with Crippen LogP contribution in [0.25, 0.3) is 112 Å². The fourth-order valence-electron chi connectivity index (χ4n) is 8.01. The number of pyridine rings is 1. The lowest BCUT2D eigenvalue weighted by Gasteiger charge is -2.18. The summed E-state index contributed by atoms with van der Waals surface area (Å²) in [4.78, 5) is 31.9. The van der Waals surface area contributed by atoms with Gasteiger partial charge in [-0.3, -0.25) is 0 Å². The summed E-state index contributed by atoms with van der Waals surface area (Å²) in [6.45, 7) is 0. The first kappa shape index (κ1) is 35.0. The molecule has 0 aliphatic carbocycles. The number of aromatic nitrogens is 6. The Bertz CT molecular complexity index is 3270. The van der Waals surface area contributed by atoms with E-state index in [2.05, 4.69) is 121 Å². The first-order valence-electron chi connectivity index (χ1n) is 20.0. The van der Waals surface area contributed by atoms with Gasteiger partial charge in [0.15, 0.2) is 17.5 Å². The molecular formula is C54H34N6. The predicted molar refractivity (Wildman–Crippen MR) is 244 cm³/mol. The molecule has 0 unspecified atom stereocenters. The average molecular weight is 767 g/mol. The van der Waals surface area contributed by atoms with Gasteiger partial charge in [0.25, 0.3) is 0 Å². The van der Waals surface area contributed by atoms with Gasteiger partial charge < -0.3 is 0 Å². The molecule has 0 saturated heterocycles. The highest BCUT2D eigenvalue weighted by atomic mass is 15.0. The second-order valence-corrected chi connectivity index (χ2v) is 14.7. The minimum absolute atomic E-state index is 0.567. The van der Waals surface area contributed by atoms with Gasteiger partial charge >= 0.3 is 0 Å². The highest BCUT2D eigenvalue weighted by Crippen LogP contribution is 2.43. The molecule has 280 valence electrons. The van der Waals surface area contributed by atoms with Gasteiger partial charge in [-0.2, -0.15) is 0 Å². The number of benzene rings is 8. The topological polar surface area (TPSA) is 77.3 Å². The average Bonchev–Trinajstić information content (AvgIpc) is 3.34. The normalized spacial score (nSPS) is 11.3. The molecule has 0 bridgehead atoms. The van der Waals surface area contributed by atoms with Crippen LogP contribution in [-0.2, 0) is 0 Å². The lowest BCUT2D eigenvalue weighted by Crippen LogP contribution is -2.01. The van der Waals surface area contributed by atoms with Crippen LogP contribution in [-0.4, -0.2) is 29.9 Å². The van der Waals surface area contributed by atoms with Crippen LogP contribution in [0.2, 0.25) is 0 Å². The number of hydrogen-bond donors (Lipinski definition) is 0. The minimum atomic E-state index is 0.567. The molecule has 0 spiro atoms. The van der Waals surface area contributed by atoms with Crippen molar-refractivity contribution in [1.29, 1.82) is 0 Å². The van der Waals surface area contributed by atoms with E-state index < -0.39 is 0 Å². The Labute approximate surface area is 346 Å². The van der Waals surface area contributed by atoms with Crippen LogP contribution in [0.15, 0.2) is 206 Å². The van der Waals surface area contributed by atoms with E-state index in [9.17, 15) is 0 Å². The van der Waals surface area contributed by atoms with Crippen LogP contribution in [0.3, 0.4) is 0 Å². The molecule has 6 heteroatoms. The van der Waals surface area contributed by atoms with Crippen molar-refractivity contribution in [2.45, 2.75) is 0 Å². The Hall–Kier alpha value is -8.22. The number of hydrogen-bond acceptors (Lipinski definition) is 6. The van der Waals surface area contributed by atoms with Crippen molar-refractivity contribution < 1.29 is 0 Å². The summed E-state index contributed by atoms with van der Waals surface area (Å²) in [6, 6.07) is 70.2. The lowest BCUT2D eigenvalue weighted by atomic mass is 9.92. The summed E-state index contributed by atoms with van der Waals surface area (Å²) in [5.74, 6) is 1.77. The van der Waals surface area contributed by atoms with E-state index >= 15 is 0 Å². The molecular weight excluding hydrogens is 733 g/mol. The largest absolute Gasteiger partial charge is 0.247 e. The van der Waals surface area contributed by atoms with Crippen LogP contribution < -0.4 is 0 Å². The van der Waals surface area contributed by atoms with Crippen LogP contribution in [0.1, 0.15) is 0 Å². The monoisotopic (exact) mass is 766 g/mol. The molecule has 0 amide bonds. The van der Waals surface area contributed by atoms with Gasteiger partial charge in [-0.25, -0.2) is 29.9 Å². The van der Waals surface area contributed by atoms with Crippen LogP contribution in [0.5, 0.6) is 0 Å². The Balaban J connectivity index is 1.27. The first-order valence-corrected chi connectivity index (χ1v) is 20.0. The van der Waals surface area contributed by atoms with E-state index in [-0.39, 0.29) is 0 Å². The highest BCUT2D eigenvalue weighted by molar-refractivity contribution is 6.24. The van der Waals surface area contributed by atoms with Gasteiger partial charge in [0.2, 0.25) is 0 Å². The molecule has 11 aromatic rings. The Morgan fingerprint density at radius 2 is 0.650 bits per heavy atom. The summed E-state index contributed by atoms with van der Waals surface area (Å²) in [5, 5.41) is 2.86. The fraction of sp³-hybridized carbons (Fsp3) is 0. The Kier molecular flexibility index (Phi) is 8.71. The molecule has 0 aliphatic rings. The van der Waals surface area contributed by atoms with Gasteiger partial charge in [-0.05, 0) is 29.8 Å². The van der Waals surface area contributed by atoms with Gasteiger partial charge in [-0.1, -0.05) is 182 Å². The zero-order chi connectivity index (χ0) is 39.8. The van der Waals surface area contributed by atoms with Crippen molar-refractivity contribution in [3.63, 3.8) is 0 Å². The van der Waals surface area contributed by atoms with Crippen molar-refractivity contribution in [1.82, 2.24) is 29.9 Å². The number of rotatable bonds is 7. The summed E-state index contributed by atoms with van der Waals surface area (Å²) in [7, 11) is 0. The molecule has 0 aliphatic heterocycles. The summed E-state index contributed by atoms with van der Waals surface area (Å²) < 4.78 is 0. The van der Waals surface area contributed by atoms with Crippen molar-refractivity contribution >= 4 is 32.7 Å². The molecule has 6 nitrogen and oxygen atoms in total. The second kappa shape index (κ2) is 14.9. The molecule has 0 N–H and O–H groups in total. The predicted octanol–water partition coefficient (Wildman–Crippen LogP) is 13.2. The van der Waals surface area contributed by atoms with Gasteiger partial charge in [0.05, 0.1) is 33.6 Å². The molecule has 0 radical (unpaired) electrons. The maximum Gasteiger partial charge on any atom is 0.164 e. The van der Waals surface area contributed by atoms with Gasteiger partial charge in [-0.15, -0.1) is 0 Å². The summed E-state index contributed by atoms with van der Waals surface area (Å²) >= 11 is 0. The van der Waals surface area contributed by atoms with Crippen molar-refractivity contribution in [3.8, 4) is 79.1 Å². The van der Waals surface area contributed by atoms with Crippen LogP contribution >= 0.6 is 0 Å². The van der Waals surface area contributed by atoms with E-state index in [4.69, 9.17) is 29.9 Å². The zero-order valence-corrected chi connectivity index (χ0v) is 32.3. The molecule has 3 heterocycles. The summed E-state index contributed by atoms with van der Waals surface area (Å²) in [6.07, 6.45) is 0. The van der Waals surface area contributed by atoms with Crippen molar-refractivity contribution in [2.75, 3.05) is 0 Å². The first-order chi connectivity index (χ1) is 29.7. The van der Waals surface area contributed by atoms with Gasteiger partial charge in [0, 0.05) is 55.1 Å². The molecule has 0 saturated carbocycles. The number of fused-ring (bicyclic) bond motifs is 5. The second-order valence-electron chi connectivity index (χ2n) is 14.7. The SMILES string of the molecule is c1ccc(-c2nc(-c3ccccc3)nc(-c3ccc4nc(-c5ccccc5)c5cc(-c6ccccc6)c6nc(-c7ccccc7)c(-c7ccccc7)nc6c5c4c3)n2)cc1. The Morgan fingerprint density at radius 3 is 1.13 bits per heavy atom. The van der Waals surface area contributed by atoms with E-state index in [1.54, 1.807) is 0 Å². The van der Waals surface area contributed by atoms with Crippen molar-refractivity contribution in [3.05, 3.63) is 206 Å². The quantitative estimate of drug-likeness (QED) is 0.150. The molecule has 60 heavy (non-hydrogen) atoms. The Morgan fingerprint density at radius 1 is 0.250 bits per heavy atom. The fourth-order valence-corrected chi connectivity index (χ4v) is 8.01. The third-order valence-corrected chi connectivity index (χ3v) is 10.9. The number of nitrogens with zero attached hydrogens (tertiary/aromatic N) is 6. The molecule has 8 aromatic carbocycles. The van der Waals surface area contributed by atoms with E-state index in [0.717, 1.165) is 94.3 Å². The molecule has 0 fully saturated rings. The van der Waals surface area contributed by atoms with Crippen molar-refractivity contribution in [2.24, 2.45) is 0 Å². The van der Waals surface area contributed by atoms with E-state index in [0.29, 0.717) is 17.5 Å². The molecule has 3 aromatic heterocycles.